The van der Waals surface area contributed by atoms with E-state index in [1.54, 1.807) is 0 Å². The summed E-state index contributed by atoms with van der Waals surface area (Å²) in [6.45, 7) is 12.8. The zero-order valence-electron chi connectivity index (χ0n) is 11.2. The second kappa shape index (κ2) is 4.73. The van der Waals surface area contributed by atoms with Crippen LogP contribution in [-0.2, 0) is 5.54 Å². The third-order valence-corrected chi connectivity index (χ3v) is 2.87. The van der Waals surface area contributed by atoms with Gasteiger partial charge in [-0.15, -0.1) is 0 Å². The van der Waals surface area contributed by atoms with Crippen LogP contribution in [0.25, 0.3) is 0 Å². The van der Waals surface area contributed by atoms with E-state index in [4.69, 9.17) is 0 Å². The average molecular weight is 221 g/mol. The van der Waals surface area contributed by atoms with Crippen LogP contribution < -0.4 is 0 Å². The summed E-state index contributed by atoms with van der Waals surface area (Å²) in [5.74, 6) is 0.965. The largest absolute Gasteiger partial charge is 0.365 e. The number of aromatic amines is 1. The van der Waals surface area contributed by atoms with Gasteiger partial charge in [0, 0.05) is 6.04 Å². The highest BCUT2D eigenvalue weighted by molar-refractivity contribution is 5.14. The van der Waals surface area contributed by atoms with Crippen molar-refractivity contribution < 1.29 is 0 Å². The molecule has 0 fully saturated rings. The molecule has 0 amide bonds. The number of imidazole rings is 1. The fourth-order valence-electron chi connectivity index (χ4n) is 2.04. The molecular weight excluding hydrogens is 198 g/mol. The number of aromatic nitrogens is 2. The number of H-pyrrole nitrogens is 1. The molecule has 0 saturated carbocycles. The van der Waals surface area contributed by atoms with Crippen LogP contribution in [0, 0.1) is 6.92 Å². The minimum absolute atomic E-state index is 0.0675. The van der Waals surface area contributed by atoms with E-state index in [0.29, 0.717) is 6.04 Å². The van der Waals surface area contributed by atoms with Crippen molar-refractivity contribution in [1.29, 1.82) is 0 Å². The SMILES string of the molecule is C/C=C\N(C(C)C)C(C)(C)c1cnc(C)[nH]1. The molecule has 90 valence electrons. The van der Waals surface area contributed by atoms with E-state index in [2.05, 4.69) is 54.8 Å². The first-order valence-corrected chi connectivity index (χ1v) is 5.83. The van der Waals surface area contributed by atoms with Crippen LogP contribution in [0.5, 0.6) is 0 Å². The Balaban J connectivity index is 3.06. The number of nitrogens with one attached hydrogen (secondary N) is 1. The van der Waals surface area contributed by atoms with Crippen LogP contribution in [0.15, 0.2) is 18.5 Å². The first kappa shape index (κ1) is 12.8. The van der Waals surface area contributed by atoms with Gasteiger partial charge in [-0.05, 0) is 47.7 Å². The molecule has 0 aliphatic rings. The van der Waals surface area contributed by atoms with Gasteiger partial charge in [0.1, 0.15) is 5.82 Å². The van der Waals surface area contributed by atoms with Crippen molar-refractivity contribution in [2.75, 3.05) is 0 Å². The van der Waals surface area contributed by atoms with E-state index in [-0.39, 0.29) is 5.54 Å². The average Bonchev–Trinajstić information content (AvgIpc) is 2.61. The quantitative estimate of drug-likeness (QED) is 0.846. The standard InChI is InChI=1S/C13H23N3/c1-7-8-16(10(2)3)13(5,6)12-9-14-11(4)15-12/h7-10H,1-6H3,(H,14,15)/b8-7-. The van der Waals surface area contributed by atoms with Crippen molar-refractivity contribution in [1.82, 2.24) is 14.9 Å². The maximum atomic E-state index is 4.28. The molecule has 0 aromatic carbocycles. The summed E-state index contributed by atoms with van der Waals surface area (Å²) >= 11 is 0. The Morgan fingerprint density at radius 2 is 2.06 bits per heavy atom. The van der Waals surface area contributed by atoms with Crippen molar-refractivity contribution >= 4 is 0 Å². The van der Waals surface area contributed by atoms with Gasteiger partial charge >= 0.3 is 0 Å². The van der Waals surface area contributed by atoms with Gasteiger partial charge in [0.25, 0.3) is 0 Å². The fraction of sp³-hybridized carbons (Fsp3) is 0.615. The molecule has 0 spiro atoms. The van der Waals surface area contributed by atoms with Crippen LogP contribution in [0.3, 0.4) is 0 Å². The second-order valence-electron chi connectivity index (χ2n) is 4.92. The van der Waals surface area contributed by atoms with E-state index in [9.17, 15) is 0 Å². The maximum Gasteiger partial charge on any atom is 0.103 e. The van der Waals surface area contributed by atoms with Crippen molar-refractivity contribution in [2.45, 2.75) is 53.1 Å². The lowest BCUT2D eigenvalue weighted by Crippen LogP contribution is -2.42. The number of aryl methyl sites for hydroxylation is 1. The molecule has 0 radical (unpaired) electrons. The summed E-state index contributed by atoms with van der Waals surface area (Å²) in [6, 6.07) is 0.454. The summed E-state index contributed by atoms with van der Waals surface area (Å²) in [7, 11) is 0. The molecule has 1 N–H and O–H groups in total. The van der Waals surface area contributed by atoms with E-state index in [1.807, 2.05) is 20.0 Å². The summed E-state index contributed by atoms with van der Waals surface area (Å²) in [5.41, 5.74) is 1.08. The van der Waals surface area contributed by atoms with Crippen molar-refractivity contribution in [3.05, 3.63) is 30.0 Å². The van der Waals surface area contributed by atoms with Crippen LogP contribution in [-0.4, -0.2) is 20.9 Å². The number of hydrogen-bond acceptors (Lipinski definition) is 2. The van der Waals surface area contributed by atoms with E-state index < -0.39 is 0 Å². The number of hydrogen-bond donors (Lipinski definition) is 1. The predicted octanol–water partition coefficient (Wildman–Crippen LogP) is 3.20. The van der Waals surface area contributed by atoms with E-state index in [0.717, 1.165) is 11.5 Å². The van der Waals surface area contributed by atoms with Crippen LogP contribution >= 0.6 is 0 Å². The van der Waals surface area contributed by atoms with Gasteiger partial charge in [-0.3, -0.25) is 0 Å². The molecule has 1 heterocycles. The van der Waals surface area contributed by atoms with Gasteiger partial charge in [-0.25, -0.2) is 4.98 Å². The third-order valence-electron chi connectivity index (χ3n) is 2.87. The smallest absolute Gasteiger partial charge is 0.103 e. The summed E-state index contributed by atoms with van der Waals surface area (Å²) in [5, 5.41) is 0. The Hall–Kier alpha value is -1.25. The Labute approximate surface area is 98.6 Å². The lowest BCUT2D eigenvalue weighted by molar-refractivity contribution is 0.142. The number of rotatable bonds is 4. The highest BCUT2D eigenvalue weighted by atomic mass is 15.2. The van der Waals surface area contributed by atoms with Crippen molar-refractivity contribution in [2.24, 2.45) is 0 Å². The molecule has 0 unspecified atom stereocenters. The molecule has 1 aromatic heterocycles. The zero-order chi connectivity index (χ0) is 12.3. The molecule has 3 nitrogen and oxygen atoms in total. The molecular formula is C13H23N3. The molecule has 0 saturated heterocycles. The predicted molar refractivity (Wildman–Crippen MR) is 68.1 cm³/mol. The highest BCUT2D eigenvalue weighted by Crippen LogP contribution is 2.28. The molecule has 0 atom stereocenters. The summed E-state index contributed by atoms with van der Waals surface area (Å²) in [4.78, 5) is 9.94. The summed E-state index contributed by atoms with van der Waals surface area (Å²) in [6.07, 6.45) is 6.14. The van der Waals surface area contributed by atoms with Crippen LogP contribution in [0.1, 0.15) is 46.1 Å². The maximum absolute atomic E-state index is 4.28. The minimum Gasteiger partial charge on any atom is -0.365 e. The topological polar surface area (TPSA) is 31.9 Å². The lowest BCUT2D eigenvalue weighted by Gasteiger charge is -2.40. The van der Waals surface area contributed by atoms with Crippen molar-refractivity contribution in [3.8, 4) is 0 Å². The van der Waals surface area contributed by atoms with Gasteiger partial charge in [-0.1, -0.05) is 6.08 Å². The van der Waals surface area contributed by atoms with E-state index in [1.165, 1.54) is 0 Å². The minimum atomic E-state index is -0.0675. The Morgan fingerprint density at radius 3 is 2.44 bits per heavy atom. The Morgan fingerprint density at radius 1 is 1.44 bits per heavy atom. The first-order valence-electron chi connectivity index (χ1n) is 5.83. The third kappa shape index (κ3) is 2.46. The molecule has 0 aliphatic heterocycles. The zero-order valence-corrected chi connectivity index (χ0v) is 11.2. The van der Waals surface area contributed by atoms with Gasteiger partial charge < -0.3 is 9.88 Å². The van der Waals surface area contributed by atoms with Gasteiger partial charge in [-0.2, -0.15) is 0 Å². The van der Waals surface area contributed by atoms with Crippen LogP contribution in [0.4, 0.5) is 0 Å². The van der Waals surface area contributed by atoms with Gasteiger partial charge in [0.05, 0.1) is 17.4 Å². The lowest BCUT2D eigenvalue weighted by atomic mass is 9.97. The Kier molecular flexibility index (Phi) is 3.79. The number of allylic oxidation sites excluding steroid dienone is 1. The molecule has 0 aliphatic carbocycles. The highest BCUT2D eigenvalue weighted by Gasteiger charge is 2.29. The van der Waals surface area contributed by atoms with E-state index >= 15 is 0 Å². The molecule has 1 rings (SSSR count). The van der Waals surface area contributed by atoms with Gasteiger partial charge in [0.15, 0.2) is 0 Å². The monoisotopic (exact) mass is 221 g/mol. The number of nitrogens with zero attached hydrogens (tertiary/aromatic N) is 2. The fourth-order valence-corrected chi connectivity index (χ4v) is 2.04. The van der Waals surface area contributed by atoms with Gasteiger partial charge in [0.2, 0.25) is 0 Å². The molecule has 1 aromatic rings. The van der Waals surface area contributed by atoms with Crippen molar-refractivity contribution in [3.63, 3.8) is 0 Å². The second-order valence-corrected chi connectivity index (χ2v) is 4.92. The molecule has 16 heavy (non-hydrogen) atoms. The Bertz CT molecular complexity index is 361. The normalized spacial score (nSPS) is 12.7. The summed E-state index contributed by atoms with van der Waals surface area (Å²) < 4.78 is 0. The van der Waals surface area contributed by atoms with Crippen LogP contribution in [0.2, 0.25) is 0 Å². The first-order chi connectivity index (χ1) is 7.39. The molecule has 3 heteroatoms. The molecule has 0 bridgehead atoms.